The second-order valence-electron chi connectivity index (χ2n) is 13.9. The molecule has 6 heteroatoms. The van der Waals surface area contributed by atoms with Crippen molar-refractivity contribution in [3.8, 4) is 68.3 Å². The predicted molar refractivity (Wildman–Crippen MR) is 216 cm³/mol. The second kappa shape index (κ2) is 14.8. The standard InChI is InChI=1S/C48H38N6/c1-6-16-34(17-7-1)42-49-43(35-18-8-2-9-19-35)52-46(51-42)38-24-28-40(29-25-38)48(32-14-5-15-33-48)41-30-26-39(27-31-41)47-53-44(36-20-10-3-11-21-36)50-45(54-47)37-22-12-4-13-23-37/h1-4,6-13,16-31H,5,14-15,32-33H2. The van der Waals surface area contributed by atoms with Crippen LogP contribution in [0.1, 0.15) is 43.2 Å². The number of benzene rings is 6. The van der Waals surface area contributed by atoms with Crippen LogP contribution in [0.2, 0.25) is 0 Å². The van der Waals surface area contributed by atoms with Gasteiger partial charge < -0.3 is 0 Å². The molecule has 0 unspecified atom stereocenters. The minimum atomic E-state index is -0.0949. The Morgan fingerprint density at radius 3 is 0.759 bits per heavy atom. The lowest BCUT2D eigenvalue weighted by Gasteiger charge is -2.39. The van der Waals surface area contributed by atoms with Gasteiger partial charge in [0.05, 0.1) is 0 Å². The largest absolute Gasteiger partial charge is 0.208 e. The van der Waals surface area contributed by atoms with Crippen molar-refractivity contribution in [3.63, 3.8) is 0 Å². The molecule has 6 nitrogen and oxygen atoms in total. The first-order valence-electron chi connectivity index (χ1n) is 18.7. The van der Waals surface area contributed by atoms with Crippen LogP contribution < -0.4 is 0 Å². The lowest BCUT2D eigenvalue weighted by Crippen LogP contribution is -2.30. The van der Waals surface area contributed by atoms with Gasteiger partial charge in [-0.3, -0.25) is 0 Å². The fourth-order valence-electron chi connectivity index (χ4n) is 7.65. The quantitative estimate of drug-likeness (QED) is 0.157. The van der Waals surface area contributed by atoms with Crippen LogP contribution in [0.3, 0.4) is 0 Å². The van der Waals surface area contributed by atoms with Crippen LogP contribution in [-0.2, 0) is 5.41 Å². The van der Waals surface area contributed by atoms with Crippen molar-refractivity contribution in [2.45, 2.75) is 37.5 Å². The zero-order valence-electron chi connectivity index (χ0n) is 29.9. The van der Waals surface area contributed by atoms with Crippen molar-refractivity contribution < 1.29 is 0 Å². The highest BCUT2D eigenvalue weighted by molar-refractivity contribution is 5.68. The molecule has 260 valence electrons. The lowest BCUT2D eigenvalue weighted by molar-refractivity contribution is 0.346. The summed E-state index contributed by atoms with van der Waals surface area (Å²) in [4.78, 5) is 29.6. The van der Waals surface area contributed by atoms with Crippen LogP contribution in [0.4, 0.5) is 0 Å². The molecular weight excluding hydrogens is 661 g/mol. The Morgan fingerprint density at radius 1 is 0.259 bits per heavy atom. The summed E-state index contributed by atoms with van der Waals surface area (Å²) in [6.07, 6.45) is 5.81. The van der Waals surface area contributed by atoms with Gasteiger partial charge in [0, 0.05) is 38.8 Å². The molecule has 0 bridgehead atoms. The van der Waals surface area contributed by atoms with Crippen LogP contribution in [0, 0.1) is 0 Å². The molecule has 0 aliphatic heterocycles. The van der Waals surface area contributed by atoms with Gasteiger partial charge in [0.2, 0.25) is 0 Å². The molecule has 0 spiro atoms. The molecule has 0 N–H and O–H groups in total. The summed E-state index contributed by atoms with van der Waals surface area (Å²) in [6.45, 7) is 0. The minimum Gasteiger partial charge on any atom is -0.208 e. The van der Waals surface area contributed by atoms with E-state index in [0.29, 0.717) is 34.9 Å². The van der Waals surface area contributed by atoms with Crippen molar-refractivity contribution in [1.29, 1.82) is 0 Å². The molecule has 6 aromatic carbocycles. The fraction of sp³-hybridized carbons (Fsp3) is 0.125. The van der Waals surface area contributed by atoms with Gasteiger partial charge in [0.15, 0.2) is 34.9 Å². The van der Waals surface area contributed by atoms with E-state index >= 15 is 0 Å². The maximum Gasteiger partial charge on any atom is 0.164 e. The number of aromatic nitrogens is 6. The van der Waals surface area contributed by atoms with Gasteiger partial charge in [-0.1, -0.05) is 189 Å². The molecule has 1 aliphatic rings. The Bertz CT molecular complexity index is 2190. The van der Waals surface area contributed by atoms with Crippen molar-refractivity contribution in [2.75, 3.05) is 0 Å². The molecule has 0 amide bonds. The first-order valence-corrected chi connectivity index (χ1v) is 18.7. The highest BCUT2D eigenvalue weighted by Gasteiger charge is 2.36. The van der Waals surface area contributed by atoms with E-state index < -0.39 is 0 Å². The Hall–Kier alpha value is -6.66. The molecule has 9 rings (SSSR count). The van der Waals surface area contributed by atoms with E-state index in [4.69, 9.17) is 29.9 Å². The first kappa shape index (κ1) is 33.2. The third-order valence-corrected chi connectivity index (χ3v) is 10.5. The van der Waals surface area contributed by atoms with Gasteiger partial charge in [-0.25, -0.2) is 29.9 Å². The van der Waals surface area contributed by atoms with E-state index in [2.05, 4.69) is 48.5 Å². The van der Waals surface area contributed by atoms with Crippen molar-refractivity contribution in [3.05, 3.63) is 181 Å². The molecule has 1 fully saturated rings. The van der Waals surface area contributed by atoms with Crippen LogP contribution in [0.15, 0.2) is 170 Å². The van der Waals surface area contributed by atoms with Gasteiger partial charge in [-0.15, -0.1) is 0 Å². The minimum absolute atomic E-state index is 0.0949. The Labute approximate surface area is 315 Å². The molecule has 2 aromatic heterocycles. The maximum absolute atomic E-state index is 4.97. The number of rotatable bonds is 8. The third kappa shape index (κ3) is 6.70. The van der Waals surface area contributed by atoms with Crippen molar-refractivity contribution in [2.24, 2.45) is 0 Å². The molecule has 0 radical (unpaired) electrons. The maximum atomic E-state index is 4.97. The summed E-state index contributed by atoms with van der Waals surface area (Å²) >= 11 is 0. The van der Waals surface area contributed by atoms with E-state index in [9.17, 15) is 0 Å². The highest BCUT2D eigenvalue weighted by Crippen LogP contribution is 2.45. The molecular formula is C48H38N6. The van der Waals surface area contributed by atoms with E-state index in [1.807, 2.05) is 121 Å². The summed E-state index contributed by atoms with van der Waals surface area (Å²) in [7, 11) is 0. The number of nitrogens with zero attached hydrogens (tertiary/aromatic N) is 6. The smallest absolute Gasteiger partial charge is 0.164 e. The predicted octanol–water partition coefficient (Wildman–Crippen LogP) is 11.3. The van der Waals surface area contributed by atoms with Gasteiger partial charge in [0.1, 0.15) is 0 Å². The van der Waals surface area contributed by atoms with Crippen molar-refractivity contribution >= 4 is 0 Å². The topological polar surface area (TPSA) is 77.3 Å². The molecule has 54 heavy (non-hydrogen) atoms. The van der Waals surface area contributed by atoms with E-state index in [1.165, 1.54) is 30.4 Å². The number of hydrogen-bond acceptors (Lipinski definition) is 6. The molecule has 0 atom stereocenters. The van der Waals surface area contributed by atoms with E-state index in [-0.39, 0.29) is 5.41 Å². The fourth-order valence-corrected chi connectivity index (χ4v) is 7.65. The molecule has 1 aliphatic carbocycles. The third-order valence-electron chi connectivity index (χ3n) is 10.5. The van der Waals surface area contributed by atoms with E-state index in [0.717, 1.165) is 46.2 Å². The summed E-state index contributed by atoms with van der Waals surface area (Å²) in [5.41, 5.74) is 8.32. The Kier molecular flexibility index (Phi) is 9.07. The Balaban J connectivity index is 1.07. The van der Waals surface area contributed by atoms with Crippen LogP contribution in [0.25, 0.3) is 68.3 Å². The zero-order valence-corrected chi connectivity index (χ0v) is 29.9. The Morgan fingerprint density at radius 2 is 0.500 bits per heavy atom. The monoisotopic (exact) mass is 698 g/mol. The van der Waals surface area contributed by atoms with Gasteiger partial charge in [-0.05, 0) is 24.0 Å². The average molecular weight is 699 g/mol. The molecule has 8 aromatic rings. The normalized spacial score (nSPS) is 13.7. The lowest BCUT2D eigenvalue weighted by atomic mass is 9.65. The zero-order chi connectivity index (χ0) is 36.2. The molecule has 2 heterocycles. The van der Waals surface area contributed by atoms with Crippen LogP contribution >= 0.6 is 0 Å². The molecule has 1 saturated carbocycles. The van der Waals surface area contributed by atoms with Crippen molar-refractivity contribution in [1.82, 2.24) is 29.9 Å². The second-order valence-corrected chi connectivity index (χ2v) is 13.9. The molecule has 0 saturated heterocycles. The average Bonchev–Trinajstić information content (AvgIpc) is 3.27. The SMILES string of the molecule is c1ccc(-c2nc(-c3ccccc3)nc(-c3ccc(C4(c5ccc(-c6nc(-c7ccccc7)nc(-c7ccccc7)n6)cc5)CCCCC4)cc3)n2)cc1. The number of hydrogen-bond donors (Lipinski definition) is 0. The summed E-state index contributed by atoms with van der Waals surface area (Å²) in [5, 5.41) is 0. The first-order chi connectivity index (χ1) is 26.7. The summed E-state index contributed by atoms with van der Waals surface area (Å²) in [5.74, 6) is 3.99. The summed E-state index contributed by atoms with van der Waals surface area (Å²) in [6, 6.07) is 58.3. The highest BCUT2D eigenvalue weighted by atomic mass is 15.0. The van der Waals surface area contributed by atoms with E-state index in [1.54, 1.807) is 0 Å². The van der Waals surface area contributed by atoms with Gasteiger partial charge >= 0.3 is 0 Å². The van der Waals surface area contributed by atoms with Crippen LogP contribution in [-0.4, -0.2) is 29.9 Å². The van der Waals surface area contributed by atoms with Gasteiger partial charge in [0.25, 0.3) is 0 Å². The van der Waals surface area contributed by atoms with Crippen LogP contribution in [0.5, 0.6) is 0 Å². The summed E-state index contributed by atoms with van der Waals surface area (Å²) < 4.78 is 0. The van der Waals surface area contributed by atoms with Gasteiger partial charge in [-0.2, -0.15) is 0 Å².